The summed E-state index contributed by atoms with van der Waals surface area (Å²) in [6.07, 6.45) is 8.18. The van der Waals surface area contributed by atoms with Gasteiger partial charge in [-0.25, -0.2) is 0 Å². The lowest BCUT2D eigenvalue weighted by Crippen LogP contribution is -2.35. The van der Waals surface area contributed by atoms with Gasteiger partial charge in [0.25, 0.3) is 0 Å². The van der Waals surface area contributed by atoms with Crippen LogP contribution < -0.4 is 5.32 Å². The molecule has 0 saturated heterocycles. The summed E-state index contributed by atoms with van der Waals surface area (Å²) in [5.74, 6) is 0. The third-order valence-corrected chi connectivity index (χ3v) is 3.80. The van der Waals surface area contributed by atoms with E-state index in [1.165, 1.54) is 31.4 Å². The van der Waals surface area contributed by atoms with E-state index in [1.807, 2.05) is 17.9 Å². The number of hydrogen-bond donors (Lipinski definition) is 1. The van der Waals surface area contributed by atoms with Crippen molar-refractivity contribution >= 4 is 0 Å². The molecule has 0 atom stereocenters. The molecule has 1 fully saturated rings. The lowest BCUT2D eigenvalue weighted by Gasteiger charge is -2.29. The molecular formula is C14H25N3O. The molecule has 0 radical (unpaired) electrons. The second-order valence-electron chi connectivity index (χ2n) is 5.10. The van der Waals surface area contributed by atoms with Crippen molar-refractivity contribution in [2.75, 3.05) is 13.2 Å². The van der Waals surface area contributed by atoms with Crippen molar-refractivity contribution < 1.29 is 4.74 Å². The van der Waals surface area contributed by atoms with Crippen molar-refractivity contribution in [1.82, 2.24) is 15.1 Å². The second kappa shape index (κ2) is 6.90. The summed E-state index contributed by atoms with van der Waals surface area (Å²) >= 11 is 0. The Morgan fingerprint density at radius 3 is 2.78 bits per heavy atom. The van der Waals surface area contributed by atoms with E-state index in [1.54, 1.807) is 0 Å². The van der Waals surface area contributed by atoms with Gasteiger partial charge >= 0.3 is 0 Å². The van der Waals surface area contributed by atoms with Crippen molar-refractivity contribution in [3.8, 4) is 0 Å². The topological polar surface area (TPSA) is 39.1 Å². The molecule has 18 heavy (non-hydrogen) atoms. The van der Waals surface area contributed by atoms with Crippen molar-refractivity contribution in [2.24, 2.45) is 7.05 Å². The Morgan fingerprint density at radius 2 is 2.17 bits per heavy atom. The van der Waals surface area contributed by atoms with Crippen LogP contribution in [0.4, 0.5) is 0 Å². The third-order valence-electron chi connectivity index (χ3n) is 3.80. The normalized spacial score (nSPS) is 24.3. The zero-order chi connectivity index (χ0) is 12.8. The zero-order valence-electron chi connectivity index (χ0n) is 11.6. The van der Waals surface area contributed by atoms with Crippen LogP contribution in [0.25, 0.3) is 0 Å². The Balaban J connectivity index is 1.62. The molecule has 2 rings (SSSR count). The standard InChI is InChI=1S/C14H25N3O/c1-3-15-12-4-6-14(7-5-12)18-11-9-13-8-10-16-17(13)2/h8,10,12,14-15H,3-7,9,11H2,1-2H3. The number of aryl methyl sites for hydroxylation is 1. The molecule has 0 aliphatic heterocycles. The van der Waals surface area contributed by atoms with Crippen molar-refractivity contribution in [3.05, 3.63) is 18.0 Å². The molecule has 1 heterocycles. The minimum atomic E-state index is 0.466. The highest BCUT2D eigenvalue weighted by atomic mass is 16.5. The van der Waals surface area contributed by atoms with Gasteiger partial charge in [-0.1, -0.05) is 6.92 Å². The minimum absolute atomic E-state index is 0.466. The maximum absolute atomic E-state index is 5.97. The third kappa shape index (κ3) is 3.82. The van der Waals surface area contributed by atoms with Gasteiger partial charge in [-0.15, -0.1) is 0 Å². The average molecular weight is 251 g/mol. The number of aromatic nitrogens is 2. The first kappa shape index (κ1) is 13.6. The number of ether oxygens (including phenoxy) is 1. The van der Waals surface area contributed by atoms with Crippen LogP contribution in [0.5, 0.6) is 0 Å². The zero-order valence-corrected chi connectivity index (χ0v) is 11.6. The molecule has 4 nitrogen and oxygen atoms in total. The van der Waals surface area contributed by atoms with E-state index in [2.05, 4.69) is 23.4 Å². The van der Waals surface area contributed by atoms with E-state index in [-0.39, 0.29) is 0 Å². The second-order valence-corrected chi connectivity index (χ2v) is 5.10. The summed E-state index contributed by atoms with van der Waals surface area (Å²) in [6, 6.07) is 2.78. The van der Waals surface area contributed by atoms with Gasteiger partial charge in [-0.2, -0.15) is 5.10 Å². The van der Waals surface area contributed by atoms with E-state index in [4.69, 9.17) is 4.74 Å². The molecule has 102 valence electrons. The molecule has 0 amide bonds. The van der Waals surface area contributed by atoms with E-state index in [0.717, 1.165) is 19.6 Å². The summed E-state index contributed by atoms with van der Waals surface area (Å²) in [7, 11) is 1.98. The molecule has 1 saturated carbocycles. The highest BCUT2D eigenvalue weighted by Crippen LogP contribution is 2.21. The number of rotatable bonds is 6. The Labute approximate surface area is 110 Å². The molecule has 0 spiro atoms. The fourth-order valence-electron chi connectivity index (χ4n) is 2.70. The maximum atomic E-state index is 5.97. The fraction of sp³-hybridized carbons (Fsp3) is 0.786. The van der Waals surface area contributed by atoms with Gasteiger partial charge in [0.05, 0.1) is 12.7 Å². The molecule has 1 aromatic rings. The smallest absolute Gasteiger partial charge is 0.0576 e. The first-order valence-corrected chi connectivity index (χ1v) is 7.11. The van der Waals surface area contributed by atoms with Gasteiger partial charge in [0.15, 0.2) is 0 Å². The molecule has 1 aromatic heterocycles. The summed E-state index contributed by atoms with van der Waals surface area (Å²) in [5.41, 5.74) is 1.25. The molecule has 1 aliphatic rings. The van der Waals surface area contributed by atoms with E-state index in [0.29, 0.717) is 12.1 Å². The van der Waals surface area contributed by atoms with Gasteiger partial charge in [-0.3, -0.25) is 4.68 Å². The SMILES string of the molecule is CCNC1CCC(OCCc2ccnn2C)CC1. The minimum Gasteiger partial charge on any atom is -0.378 e. The van der Waals surface area contributed by atoms with Gasteiger partial charge in [0.1, 0.15) is 0 Å². The summed E-state index contributed by atoms with van der Waals surface area (Å²) in [4.78, 5) is 0. The number of nitrogens with zero attached hydrogens (tertiary/aromatic N) is 2. The van der Waals surface area contributed by atoms with Crippen LogP contribution in [0.2, 0.25) is 0 Å². The summed E-state index contributed by atoms with van der Waals surface area (Å²) < 4.78 is 7.89. The molecular weight excluding hydrogens is 226 g/mol. The van der Waals surface area contributed by atoms with Crippen LogP contribution in [0.15, 0.2) is 12.3 Å². The monoisotopic (exact) mass is 251 g/mol. The van der Waals surface area contributed by atoms with Crippen molar-refractivity contribution in [2.45, 2.75) is 51.2 Å². The molecule has 1 aliphatic carbocycles. The molecule has 0 aromatic carbocycles. The fourth-order valence-corrected chi connectivity index (χ4v) is 2.70. The highest BCUT2D eigenvalue weighted by Gasteiger charge is 2.20. The van der Waals surface area contributed by atoms with Gasteiger partial charge in [0, 0.05) is 31.4 Å². The predicted molar refractivity (Wildman–Crippen MR) is 72.6 cm³/mol. The Morgan fingerprint density at radius 1 is 1.39 bits per heavy atom. The number of hydrogen-bond acceptors (Lipinski definition) is 3. The van der Waals surface area contributed by atoms with E-state index in [9.17, 15) is 0 Å². The first-order valence-electron chi connectivity index (χ1n) is 7.11. The Kier molecular flexibility index (Phi) is 5.20. The average Bonchev–Trinajstić information content (AvgIpc) is 2.78. The van der Waals surface area contributed by atoms with Crippen molar-refractivity contribution in [1.29, 1.82) is 0 Å². The molecule has 0 unspecified atom stereocenters. The van der Waals surface area contributed by atoms with Crippen LogP contribution >= 0.6 is 0 Å². The highest BCUT2D eigenvalue weighted by molar-refractivity contribution is 4.99. The maximum Gasteiger partial charge on any atom is 0.0576 e. The molecule has 1 N–H and O–H groups in total. The van der Waals surface area contributed by atoms with Crippen LogP contribution in [-0.4, -0.2) is 35.1 Å². The van der Waals surface area contributed by atoms with Gasteiger partial charge < -0.3 is 10.1 Å². The van der Waals surface area contributed by atoms with Gasteiger partial charge in [-0.05, 0) is 38.3 Å². The molecule has 0 bridgehead atoms. The van der Waals surface area contributed by atoms with Crippen LogP contribution in [0.3, 0.4) is 0 Å². The van der Waals surface area contributed by atoms with Gasteiger partial charge in [0.2, 0.25) is 0 Å². The first-order chi connectivity index (χ1) is 8.79. The summed E-state index contributed by atoms with van der Waals surface area (Å²) in [5, 5.41) is 7.69. The van der Waals surface area contributed by atoms with E-state index < -0.39 is 0 Å². The molecule has 4 heteroatoms. The van der Waals surface area contributed by atoms with Crippen molar-refractivity contribution in [3.63, 3.8) is 0 Å². The predicted octanol–water partition coefficient (Wildman–Crippen LogP) is 1.90. The van der Waals surface area contributed by atoms with Crippen LogP contribution in [0, 0.1) is 0 Å². The Hall–Kier alpha value is -0.870. The lowest BCUT2D eigenvalue weighted by atomic mass is 9.93. The van der Waals surface area contributed by atoms with Crippen LogP contribution in [-0.2, 0) is 18.2 Å². The lowest BCUT2D eigenvalue weighted by molar-refractivity contribution is 0.0238. The largest absolute Gasteiger partial charge is 0.378 e. The van der Waals surface area contributed by atoms with E-state index >= 15 is 0 Å². The van der Waals surface area contributed by atoms with Crippen LogP contribution in [0.1, 0.15) is 38.3 Å². The Bertz CT molecular complexity index is 343. The summed E-state index contributed by atoms with van der Waals surface area (Å²) in [6.45, 7) is 4.07. The number of nitrogens with one attached hydrogen (secondary N) is 1. The quantitative estimate of drug-likeness (QED) is 0.839.